The molecule has 2 aromatic carbocycles. The molecule has 5 nitrogen and oxygen atoms in total. The van der Waals surface area contributed by atoms with Crippen molar-refractivity contribution in [2.45, 2.75) is 6.92 Å². The summed E-state index contributed by atoms with van der Waals surface area (Å²) < 4.78 is 0. The topological polar surface area (TPSA) is 48.5 Å². The Morgan fingerprint density at radius 3 is 2.50 bits per heavy atom. The second-order valence-electron chi connectivity index (χ2n) is 7.17. The van der Waals surface area contributed by atoms with Crippen molar-refractivity contribution in [3.63, 3.8) is 0 Å². The van der Waals surface area contributed by atoms with Gasteiger partial charge in [-0.05, 0) is 26.1 Å². The van der Waals surface area contributed by atoms with Crippen molar-refractivity contribution in [1.29, 1.82) is 0 Å². The van der Waals surface area contributed by atoms with Crippen molar-refractivity contribution in [2.75, 3.05) is 43.4 Å². The second kappa shape index (κ2) is 8.12. The molecule has 0 bridgehead atoms. The molecule has 0 aliphatic carbocycles. The molecule has 0 radical (unpaired) electrons. The highest BCUT2D eigenvalue weighted by atomic mass is 32.1. The molecule has 3 aromatic rings. The Balaban J connectivity index is 1.51. The summed E-state index contributed by atoms with van der Waals surface area (Å²) in [5.41, 5.74) is 4.60. The molecule has 1 amide bonds. The van der Waals surface area contributed by atoms with E-state index < -0.39 is 0 Å². The lowest BCUT2D eigenvalue weighted by Gasteiger charge is -2.35. The molecule has 1 aliphatic rings. The Morgan fingerprint density at radius 2 is 1.75 bits per heavy atom. The Hall–Kier alpha value is -2.70. The first kappa shape index (κ1) is 18.7. The van der Waals surface area contributed by atoms with Crippen molar-refractivity contribution in [1.82, 2.24) is 9.88 Å². The highest BCUT2D eigenvalue weighted by Crippen LogP contribution is 2.28. The van der Waals surface area contributed by atoms with Gasteiger partial charge in [0.25, 0.3) is 5.91 Å². The number of piperazine rings is 1. The first-order chi connectivity index (χ1) is 13.6. The molecule has 1 aromatic heterocycles. The van der Waals surface area contributed by atoms with Gasteiger partial charge in [-0.1, -0.05) is 42.0 Å². The van der Waals surface area contributed by atoms with E-state index in [0.717, 1.165) is 48.1 Å². The van der Waals surface area contributed by atoms with Crippen LogP contribution in [0.1, 0.15) is 16.1 Å². The zero-order valence-corrected chi connectivity index (χ0v) is 17.0. The highest BCUT2D eigenvalue weighted by molar-refractivity contribution is 7.13. The number of nitrogens with one attached hydrogen (secondary N) is 1. The first-order valence-corrected chi connectivity index (χ1v) is 10.3. The molecule has 2 heterocycles. The van der Waals surface area contributed by atoms with Gasteiger partial charge in [0.2, 0.25) is 0 Å². The fourth-order valence-electron chi connectivity index (χ4n) is 3.30. The summed E-state index contributed by atoms with van der Waals surface area (Å²) in [5, 5.41) is 5.74. The Labute approximate surface area is 169 Å². The third-order valence-corrected chi connectivity index (χ3v) is 5.92. The average Bonchev–Trinajstić information content (AvgIpc) is 3.20. The van der Waals surface area contributed by atoms with E-state index in [1.54, 1.807) is 0 Å². The third kappa shape index (κ3) is 4.08. The van der Waals surface area contributed by atoms with Crippen LogP contribution in [0.2, 0.25) is 0 Å². The van der Waals surface area contributed by atoms with Gasteiger partial charge >= 0.3 is 0 Å². The molecule has 1 fully saturated rings. The zero-order chi connectivity index (χ0) is 19.5. The molecule has 0 saturated carbocycles. The Kier molecular flexibility index (Phi) is 5.41. The van der Waals surface area contributed by atoms with E-state index in [9.17, 15) is 4.79 Å². The Bertz CT molecular complexity index is 959. The van der Waals surface area contributed by atoms with Gasteiger partial charge in [-0.25, -0.2) is 4.98 Å². The maximum absolute atomic E-state index is 12.8. The van der Waals surface area contributed by atoms with Crippen molar-refractivity contribution >= 4 is 28.6 Å². The molecule has 6 heteroatoms. The summed E-state index contributed by atoms with van der Waals surface area (Å²) >= 11 is 1.49. The molecular weight excluding hydrogens is 368 g/mol. The minimum absolute atomic E-state index is 0.170. The van der Waals surface area contributed by atoms with Crippen LogP contribution >= 0.6 is 11.3 Å². The minimum Gasteiger partial charge on any atom is -0.367 e. The number of anilines is 2. The van der Waals surface area contributed by atoms with Crippen LogP contribution in [0.4, 0.5) is 11.4 Å². The van der Waals surface area contributed by atoms with Crippen molar-refractivity contribution in [3.05, 3.63) is 65.2 Å². The van der Waals surface area contributed by atoms with Crippen molar-refractivity contribution in [2.24, 2.45) is 0 Å². The number of benzene rings is 2. The van der Waals surface area contributed by atoms with Gasteiger partial charge in [-0.2, -0.15) is 0 Å². The molecule has 4 rings (SSSR count). The third-order valence-electron chi connectivity index (χ3n) is 5.03. The highest BCUT2D eigenvalue weighted by Gasteiger charge is 2.19. The summed E-state index contributed by atoms with van der Waals surface area (Å²) in [6, 6.07) is 16.2. The van der Waals surface area contributed by atoms with E-state index in [1.165, 1.54) is 16.9 Å². The average molecular weight is 393 g/mol. The van der Waals surface area contributed by atoms with Gasteiger partial charge in [0.1, 0.15) is 10.7 Å². The molecule has 1 N–H and O–H groups in total. The lowest BCUT2D eigenvalue weighted by molar-refractivity contribution is 0.102. The molecular formula is C22H24N4OS. The van der Waals surface area contributed by atoms with Crippen molar-refractivity contribution < 1.29 is 4.79 Å². The normalized spacial score (nSPS) is 14.9. The van der Waals surface area contributed by atoms with Gasteiger partial charge in [0.05, 0.1) is 11.4 Å². The van der Waals surface area contributed by atoms with Crippen LogP contribution in [0.25, 0.3) is 10.6 Å². The summed E-state index contributed by atoms with van der Waals surface area (Å²) in [4.78, 5) is 22.0. The molecule has 0 unspecified atom stereocenters. The molecule has 0 atom stereocenters. The first-order valence-electron chi connectivity index (χ1n) is 9.46. The number of carbonyl (C=O) groups is 1. The predicted octanol–water partition coefficient (Wildman–Crippen LogP) is 4.12. The maximum Gasteiger partial charge on any atom is 0.275 e. The maximum atomic E-state index is 12.8. The van der Waals surface area contributed by atoms with Crippen LogP contribution < -0.4 is 10.2 Å². The number of thiazole rings is 1. The number of nitrogens with zero attached hydrogens (tertiary/aromatic N) is 3. The summed E-state index contributed by atoms with van der Waals surface area (Å²) in [6.07, 6.45) is 0. The van der Waals surface area contributed by atoms with E-state index in [0.29, 0.717) is 5.69 Å². The predicted molar refractivity (Wildman–Crippen MR) is 116 cm³/mol. The van der Waals surface area contributed by atoms with Gasteiger partial charge in [0.15, 0.2) is 0 Å². The van der Waals surface area contributed by atoms with Gasteiger partial charge in [-0.15, -0.1) is 11.3 Å². The number of carbonyl (C=O) groups excluding carboxylic acids is 1. The molecule has 0 spiro atoms. The summed E-state index contributed by atoms with van der Waals surface area (Å²) in [7, 11) is 2.14. The number of aromatic nitrogens is 1. The van der Waals surface area contributed by atoms with Crippen LogP contribution in [0.5, 0.6) is 0 Å². The number of para-hydroxylation sites is 2. The van der Waals surface area contributed by atoms with Gasteiger partial charge < -0.3 is 15.1 Å². The molecule has 1 aliphatic heterocycles. The van der Waals surface area contributed by atoms with Crippen LogP contribution in [0, 0.1) is 6.92 Å². The van der Waals surface area contributed by atoms with E-state index >= 15 is 0 Å². The smallest absolute Gasteiger partial charge is 0.275 e. The summed E-state index contributed by atoms with van der Waals surface area (Å²) in [5.74, 6) is -0.170. The van der Waals surface area contributed by atoms with E-state index in [4.69, 9.17) is 0 Å². The molecule has 144 valence electrons. The van der Waals surface area contributed by atoms with Gasteiger partial charge in [-0.3, -0.25) is 4.79 Å². The SMILES string of the molecule is Cc1ccc(-c2nc(C(=O)Nc3ccccc3N3CCN(C)CC3)cs2)cc1. The number of rotatable bonds is 4. The van der Waals surface area contributed by atoms with E-state index in [2.05, 4.69) is 52.3 Å². The lowest BCUT2D eigenvalue weighted by atomic mass is 10.2. The lowest BCUT2D eigenvalue weighted by Crippen LogP contribution is -2.44. The second-order valence-corrected chi connectivity index (χ2v) is 8.02. The van der Waals surface area contributed by atoms with E-state index in [-0.39, 0.29) is 5.91 Å². The van der Waals surface area contributed by atoms with Crippen LogP contribution in [0.3, 0.4) is 0 Å². The van der Waals surface area contributed by atoms with E-state index in [1.807, 2.05) is 35.7 Å². The fourth-order valence-corrected chi connectivity index (χ4v) is 4.10. The number of hydrogen-bond donors (Lipinski definition) is 1. The molecule has 1 saturated heterocycles. The monoisotopic (exact) mass is 392 g/mol. The zero-order valence-electron chi connectivity index (χ0n) is 16.2. The number of hydrogen-bond acceptors (Lipinski definition) is 5. The standard InChI is InChI=1S/C22H24N4OS/c1-16-7-9-17(10-8-16)22-24-19(15-28-22)21(27)23-18-5-3-4-6-20(18)26-13-11-25(2)12-14-26/h3-10,15H,11-14H2,1-2H3,(H,23,27). The number of aryl methyl sites for hydroxylation is 1. The van der Waals surface area contributed by atoms with Crippen LogP contribution in [-0.4, -0.2) is 49.0 Å². The minimum atomic E-state index is -0.170. The van der Waals surface area contributed by atoms with Gasteiger partial charge in [0, 0.05) is 37.1 Å². The fraction of sp³-hybridized carbons (Fsp3) is 0.273. The quantitative estimate of drug-likeness (QED) is 0.726. The summed E-state index contributed by atoms with van der Waals surface area (Å²) in [6.45, 7) is 6.01. The van der Waals surface area contributed by atoms with Crippen molar-refractivity contribution in [3.8, 4) is 10.6 Å². The Morgan fingerprint density at radius 1 is 1.04 bits per heavy atom. The number of likely N-dealkylation sites (N-methyl/N-ethyl adjacent to an activating group) is 1. The largest absolute Gasteiger partial charge is 0.367 e. The van der Waals surface area contributed by atoms with Crippen LogP contribution in [-0.2, 0) is 0 Å². The number of amides is 1. The van der Waals surface area contributed by atoms with Crippen LogP contribution in [0.15, 0.2) is 53.9 Å². The molecule has 28 heavy (non-hydrogen) atoms.